The number of benzene rings is 2. The zero-order valence-electron chi connectivity index (χ0n) is 12.0. The van der Waals surface area contributed by atoms with Gasteiger partial charge in [0.2, 0.25) is 0 Å². The molecule has 0 aliphatic carbocycles. The molecule has 2 rings (SSSR count). The smallest absolute Gasteiger partial charge is 0.267 e. The van der Waals surface area contributed by atoms with Crippen molar-refractivity contribution in [1.29, 1.82) is 0 Å². The van der Waals surface area contributed by atoms with E-state index in [4.69, 9.17) is 0 Å². The van der Waals surface area contributed by atoms with Gasteiger partial charge in [-0.3, -0.25) is 20.4 Å². The summed E-state index contributed by atoms with van der Waals surface area (Å²) in [5.41, 5.74) is 5.18. The molecule has 0 radical (unpaired) electrons. The normalized spacial score (nSPS) is 10.9. The van der Waals surface area contributed by atoms with E-state index in [1.165, 1.54) is 24.3 Å². The third-order valence-corrected chi connectivity index (χ3v) is 4.60. The van der Waals surface area contributed by atoms with E-state index in [2.05, 4.69) is 26.8 Å². The fourth-order valence-electron chi connectivity index (χ4n) is 1.71. The lowest BCUT2D eigenvalue weighted by molar-refractivity contribution is 0.0846. The van der Waals surface area contributed by atoms with Gasteiger partial charge in [-0.2, -0.15) is 0 Å². The first kappa shape index (κ1) is 17.2. The molecule has 120 valence electrons. The number of halogens is 1. The Morgan fingerprint density at radius 3 is 1.61 bits per heavy atom. The number of hydrogen-bond acceptors (Lipinski definition) is 4. The van der Waals surface area contributed by atoms with Crippen molar-refractivity contribution < 1.29 is 18.0 Å². The third kappa shape index (κ3) is 4.64. The van der Waals surface area contributed by atoms with Crippen molar-refractivity contribution in [3.8, 4) is 0 Å². The average Bonchev–Trinajstić information content (AvgIpc) is 2.52. The Balaban J connectivity index is 1.99. The molecule has 0 aliphatic heterocycles. The van der Waals surface area contributed by atoms with E-state index in [1.807, 2.05) is 0 Å². The van der Waals surface area contributed by atoms with Gasteiger partial charge in [0.05, 0.1) is 4.90 Å². The predicted octanol–water partition coefficient (Wildman–Crippen LogP) is 1.93. The maximum Gasteiger partial charge on any atom is 0.269 e. The molecule has 0 saturated heterocycles. The Morgan fingerprint density at radius 2 is 1.22 bits per heavy atom. The van der Waals surface area contributed by atoms with E-state index in [9.17, 15) is 18.0 Å². The summed E-state index contributed by atoms with van der Waals surface area (Å²) in [6.45, 7) is 0. The van der Waals surface area contributed by atoms with Crippen LogP contribution in [-0.2, 0) is 9.84 Å². The number of hydrogen-bond donors (Lipinski definition) is 2. The van der Waals surface area contributed by atoms with E-state index in [-0.39, 0.29) is 10.5 Å². The molecule has 6 nitrogen and oxygen atoms in total. The second-order valence-electron chi connectivity index (χ2n) is 4.71. The van der Waals surface area contributed by atoms with Gasteiger partial charge in [-0.05, 0) is 48.5 Å². The SMILES string of the molecule is CS(=O)(=O)c1ccc(C(=O)NNC(=O)c2ccc(Br)cc2)cc1. The maximum absolute atomic E-state index is 11.9. The van der Waals surface area contributed by atoms with Crippen LogP contribution in [0.2, 0.25) is 0 Å². The number of sulfone groups is 1. The Bertz CT molecular complexity index is 831. The lowest BCUT2D eigenvalue weighted by Crippen LogP contribution is -2.41. The molecule has 0 saturated carbocycles. The van der Waals surface area contributed by atoms with E-state index in [1.54, 1.807) is 24.3 Å². The summed E-state index contributed by atoms with van der Waals surface area (Å²) in [6.07, 6.45) is 1.08. The van der Waals surface area contributed by atoms with Gasteiger partial charge in [0.25, 0.3) is 11.8 Å². The molecule has 0 aliphatic rings. The molecule has 0 spiro atoms. The number of hydrazine groups is 1. The molecule has 2 N–H and O–H groups in total. The first-order valence-corrected chi connectivity index (χ1v) is 9.12. The van der Waals surface area contributed by atoms with Crippen molar-refractivity contribution in [2.45, 2.75) is 4.90 Å². The third-order valence-electron chi connectivity index (χ3n) is 2.94. The zero-order chi connectivity index (χ0) is 17.0. The summed E-state index contributed by atoms with van der Waals surface area (Å²) < 4.78 is 23.5. The molecule has 0 aromatic heterocycles. The van der Waals surface area contributed by atoms with Crippen molar-refractivity contribution >= 4 is 37.6 Å². The molecule has 0 unspecified atom stereocenters. The minimum Gasteiger partial charge on any atom is -0.267 e. The highest BCUT2D eigenvalue weighted by Gasteiger charge is 2.11. The second-order valence-corrected chi connectivity index (χ2v) is 7.64. The van der Waals surface area contributed by atoms with Gasteiger partial charge in [0.15, 0.2) is 9.84 Å². The Morgan fingerprint density at radius 1 is 0.826 bits per heavy atom. The van der Waals surface area contributed by atoms with Gasteiger partial charge >= 0.3 is 0 Å². The summed E-state index contributed by atoms with van der Waals surface area (Å²) in [6, 6.07) is 12.0. The van der Waals surface area contributed by atoms with Gasteiger partial charge < -0.3 is 0 Å². The van der Waals surface area contributed by atoms with Crippen LogP contribution in [0.5, 0.6) is 0 Å². The largest absolute Gasteiger partial charge is 0.269 e. The minimum atomic E-state index is -3.32. The summed E-state index contributed by atoms with van der Waals surface area (Å²) in [5, 5.41) is 0. The van der Waals surface area contributed by atoms with Crippen LogP contribution in [0.3, 0.4) is 0 Å². The molecule has 23 heavy (non-hydrogen) atoms. The number of nitrogens with one attached hydrogen (secondary N) is 2. The number of carbonyl (C=O) groups is 2. The van der Waals surface area contributed by atoms with Crippen molar-refractivity contribution in [3.63, 3.8) is 0 Å². The van der Waals surface area contributed by atoms with E-state index in [0.29, 0.717) is 5.56 Å². The summed E-state index contributed by atoms with van der Waals surface area (Å²) in [7, 11) is -3.32. The quantitative estimate of drug-likeness (QED) is 0.775. The molecule has 8 heteroatoms. The molecule has 0 bridgehead atoms. The Hall–Kier alpha value is -2.19. The predicted molar refractivity (Wildman–Crippen MR) is 88.6 cm³/mol. The highest BCUT2D eigenvalue weighted by molar-refractivity contribution is 9.10. The van der Waals surface area contributed by atoms with Crippen LogP contribution in [0.4, 0.5) is 0 Å². The van der Waals surface area contributed by atoms with E-state index < -0.39 is 21.7 Å². The second kappa shape index (κ2) is 6.93. The first-order valence-electron chi connectivity index (χ1n) is 6.44. The standard InChI is InChI=1S/C15H13BrN2O4S/c1-23(21,22)13-8-4-11(5-9-13)15(20)18-17-14(19)10-2-6-12(16)7-3-10/h2-9H,1H3,(H,17,19)(H,18,20). The van der Waals surface area contributed by atoms with Crippen LogP contribution in [0, 0.1) is 0 Å². The summed E-state index contributed by atoms with van der Waals surface area (Å²) in [4.78, 5) is 23.9. The van der Waals surface area contributed by atoms with Crippen LogP contribution in [-0.4, -0.2) is 26.5 Å². The molecule has 0 fully saturated rings. The van der Waals surface area contributed by atoms with Gasteiger partial charge in [-0.25, -0.2) is 8.42 Å². The number of carbonyl (C=O) groups excluding carboxylic acids is 2. The number of amides is 2. The molecule has 0 atom stereocenters. The minimum absolute atomic E-state index is 0.118. The summed E-state index contributed by atoms with van der Waals surface area (Å²) in [5.74, 6) is -1.01. The van der Waals surface area contributed by atoms with Gasteiger partial charge in [-0.15, -0.1) is 0 Å². The fraction of sp³-hybridized carbons (Fsp3) is 0.0667. The van der Waals surface area contributed by atoms with Crippen LogP contribution in [0.15, 0.2) is 57.9 Å². The molecule has 2 amide bonds. The fourth-order valence-corrected chi connectivity index (χ4v) is 2.61. The lowest BCUT2D eigenvalue weighted by atomic mass is 10.2. The van der Waals surface area contributed by atoms with Gasteiger partial charge in [0.1, 0.15) is 0 Å². The lowest BCUT2D eigenvalue weighted by Gasteiger charge is -2.08. The molecular weight excluding hydrogens is 384 g/mol. The van der Waals surface area contributed by atoms with Crippen LogP contribution < -0.4 is 10.9 Å². The van der Waals surface area contributed by atoms with Crippen molar-refractivity contribution in [2.75, 3.05) is 6.26 Å². The Kier molecular flexibility index (Phi) is 5.17. The molecule has 2 aromatic rings. The average molecular weight is 397 g/mol. The van der Waals surface area contributed by atoms with Crippen LogP contribution >= 0.6 is 15.9 Å². The molecule has 0 heterocycles. The van der Waals surface area contributed by atoms with E-state index in [0.717, 1.165) is 10.7 Å². The highest BCUT2D eigenvalue weighted by Crippen LogP contribution is 2.11. The first-order chi connectivity index (χ1) is 10.8. The van der Waals surface area contributed by atoms with Crippen LogP contribution in [0.25, 0.3) is 0 Å². The van der Waals surface area contributed by atoms with Gasteiger partial charge in [-0.1, -0.05) is 15.9 Å². The monoisotopic (exact) mass is 396 g/mol. The zero-order valence-corrected chi connectivity index (χ0v) is 14.4. The van der Waals surface area contributed by atoms with Crippen molar-refractivity contribution in [1.82, 2.24) is 10.9 Å². The van der Waals surface area contributed by atoms with E-state index >= 15 is 0 Å². The van der Waals surface area contributed by atoms with Crippen molar-refractivity contribution in [3.05, 3.63) is 64.1 Å². The Labute approximate surface area is 141 Å². The van der Waals surface area contributed by atoms with Crippen LogP contribution in [0.1, 0.15) is 20.7 Å². The van der Waals surface area contributed by atoms with Gasteiger partial charge in [0, 0.05) is 21.9 Å². The topological polar surface area (TPSA) is 92.3 Å². The molecule has 2 aromatic carbocycles. The molecular formula is C15H13BrN2O4S. The maximum atomic E-state index is 11.9. The van der Waals surface area contributed by atoms with Crippen molar-refractivity contribution in [2.24, 2.45) is 0 Å². The summed E-state index contributed by atoms with van der Waals surface area (Å²) >= 11 is 3.26. The number of rotatable bonds is 3. The highest BCUT2D eigenvalue weighted by atomic mass is 79.9.